The monoisotopic (exact) mass is 286 g/mol. The zero-order chi connectivity index (χ0) is 15.1. The molecule has 5 nitrogen and oxygen atoms in total. The van der Waals surface area contributed by atoms with Crippen molar-refractivity contribution in [3.05, 3.63) is 66.0 Å². The Labute approximate surface area is 122 Å². The van der Waals surface area contributed by atoms with E-state index in [1.54, 1.807) is 30.4 Å². The first-order chi connectivity index (χ1) is 10.2. The van der Waals surface area contributed by atoms with Crippen molar-refractivity contribution in [2.75, 3.05) is 7.11 Å². The van der Waals surface area contributed by atoms with Gasteiger partial charge in [0.25, 0.3) is 0 Å². The molecule has 108 valence electrons. The summed E-state index contributed by atoms with van der Waals surface area (Å²) < 4.78 is 14.7. The Balaban J connectivity index is 2.06. The molecule has 0 saturated carbocycles. The number of hydrogen-bond acceptors (Lipinski definition) is 5. The van der Waals surface area contributed by atoms with Crippen LogP contribution in [0.3, 0.4) is 0 Å². The number of carbonyl (C=O) groups is 2. The van der Waals surface area contributed by atoms with E-state index in [1.165, 1.54) is 19.2 Å². The zero-order valence-electron chi connectivity index (χ0n) is 11.4. The van der Waals surface area contributed by atoms with Gasteiger partial charge in [-0.05, 0) is 30.7 Å². The molecule has 0 spiro atoms. The molecule has 0 aliphatic heterocycles. The predicted octanol–water partition coefficient (Wildman–Crippen LogP) is 3.39. The van der Waals surface area contributed by atoms with Crippen molar-refractivity contribution in [1.29, 1.82) is 0 Å². The van der Waals surface area contributed by atoms with Crippen molar-refractivity contribution in [2.45, 2.75) is 6.42 Å². The lowest BCUT2D eigenvalue weighted by atomic mass is 10.2. The first kappa shape index (κ1) is 14.6. The molecule has 0 unspecified atom stereocenters. The quantitative estimate of drug-likeness (QED) is 0.629. The number of benzene rings is 1. The summed E-state index contributed by atoms with van der Waals surface area (Å²) in [6.45, 7) is 0. The third-order valence-electron chi connectivity index (χ3n) is 2.65. The average Bonchev–Trinajstić information content (AvgIpc) is 2.75. The maximum Gasteiger partial charge on any atom is 0.519 e. The van der Waals surface area contributed by atoms with Gasteiger partial charge in [-0.25, -0.2) is 9.59 Å². The summed E-state index contributed by atoms with van der Waals surface area (Å²) >= 11 is 0. The molecule has 1 aromatic rings. The lowest BCUT2D eigenvalue weighted by molar-refractivity contribution is 0.0596. The maximum absolute atomic E-state index is 11.8. The summed E-state index contributed by atoms with van der Waals surface area (Å²) in [5.41, 5.74) is 0.156. The van der Waals surface area contributed by atoms with Crippen molar-refractivity contribution < 1.29 is 23.8 Å². The van der Waals surface area contributed by atoms with Gasteiger partial charge in [-0.2, -0.15) is 0 Å². The highest BCUT2D eigenvalue weighted by Gasteiger charge is 2.16. The molecule has 0 amide bonds. The normalized spacial score (nSPS) is 13.1. The van der Waals surface area contributed by atoms with E-state index in [0.717, 1.165) is 0 Å². The molecule has 0 atom stereocenters. The molecule has 0 aromatic heterocycles. The molecule has 0 N–H and O–H groups in total. The second-order valence-electron chi connectivity index (χ2n) is 4.07. The summed E-state index contributed by atoms with van der Waals surface area (Å²) in [7, 11) is 1.26. The summed E-state index contributed by atoms with van der Waals surface area (Å²) in [6, 6.07) is 6.28. The molecule has 0 saturated heterocycles. The Morgan fingerprint density at radius 2 is 1.90 bits per heavy atom. The summed E-state index contributed by atoms with van der Waals surface area (Å²) in [4.78, 5) is 23.3. The highest BCUT2D eigenvalue weighted by Crippen LogP contribution is 2.20. The summed E-state index contributed by atoms with van der Waals surface area (Å²) in [5.74, 6) is -0.109. The van der Waals surface area contributed by atoms with Gasteiger partial charge in [0, 0.05) is 0 Å². The topological polar surface area (TPSA) is 61.8 Å². The number of carbonyl (C=O) groups excluding carboxylic acids is 2. The number of hydrogen-bond donors (Lipinski definition) is 0. The molecular formula is C16H14O5. The molecular weight excluding hydrogens is 272 g/mol. The highest BCUT2D eigenvalue weighted by atomic mass is 16.7. The Kier molecular flexibility index (Phi) is 4.93. The first-order valence-corrected chi connectivity index (χ1v) is 6.31. The van der Waals surface area contributed by atoms with Gasteiger partial charge in [0.2, 0.25) is 0 Å². The molecule has 0 heterocycles. The number of methoxy groups -OCH3 is 1. The second-order valence-corrected chi connectivity index (χ2v) is 4.07. The molecule has 2 rings (SSSR count). The van der Waals surface area contributed by atoms with E-state index in [4.69, 9.17) is 9.47 Å². The fraction of sp³-hybridized carbons (Fsp3) is 0.125. The lowest BCUT2D eigenvalue weighted by Gasteiger charge is -2.09. The fourth-order valence-corrected chi connectivity index (χ4v) is 1.68. The van der Waals surface area contributed by atoms with Crippen LogP contribution in [0.4, 0.5) is 4.79 Å². The highest BCUT2D eigenvalue weighted by molar-refractivity contribution is 5.93. The number of para-hydroxylation sites is 1. The molecule has 21 heavy (non-hydrogen) atoms. The number of allylic oxidation sites excluding steroid dienone is 5. The Morgan fingerprint density at radius 1 is 1.10 bits per heavy atom. The van der Waals surface area contributed by atoms with Crippen molar-refractivity contribution in [1.82, 2.24) is 0 Å². The van der Waals surface area contributed by atoms with Crippen molar-refractivity contribution >= 4 is 12.1 Å². The van der Waals surface area contributed by atoms with E-state index < -0.39 is 12.1 Å². The number of esters is 1. The minimum atomic E-state index is -0.913. The molecule has 0 radical (unpaired) electrons. The lowest BCUT2D eigenvalue weighted by Crippen LogP contribution is -2.13. The van der Waals surface area contributed by atoms with Crippen LogP contribution in [-0.4, -0.2) is 19.2 Å². The Bertz CT molecular complexity index is 625. The second kappa shape index (κ2) is 7.09. The third-order valence-corrected chi connectivity index (χ3v) is 2.65. The van der Waals surface area contributed by atoms with E-state index in [0.29, 0.717) is 12.2 Å². The molecule has 5 heteroatoms. The van der Waals surface area contributed by atoms with Crippen LogP contribution in [-0.2, 0) is 9.47 Å². The van der Waals surface area contributed by atoms with Crippen LogP contribution >= 0.6 is 0 Å². The SMILES string of the molecule is COC(=O)c1ccccc1OC(=O)OC1=CCC=CC=C1. The average molecular weight is 286 g/mol. The van der Waals surface area contributed by atoms with Crippen LogP contribution in [0.2, 0.25) is 0 Å². The number of rotatable bonds is 3. The van der Waals surface area contributed by atoms with Gasteiger partial charge < -0.3 is 14.2 Å². The van der Waals surface area contributed by atoms with Gasteiger partial charge >= 0.3 is 12.1 Å². The summed E-state index contributed by atoms with van der Waals surface area (Å²) in [5, 5.41) is 0. The third kappa shape index (κ3) is 4.07. The summed E-state index contributed by atoms with van der Waals surface area (Å²) in [6.07, 6.45) is 8.67. The van der Waals surface area contributed by atoms with Gasteiger partial charge in [0.1, 0.15) is 17.1 Å². The van der Waals surface area contributed by atoms with E-state index in [2.05, 4.69) is 4.74 Å². The van der Waals surface area contributed by atoms with E-state index in [9.17, 15) is 9.59 Å². The van der Waals surface area contributed by atoms with Crippen LogP contribution in [0, 0.1) is 0 Å². The van der Waals surface area contributed by atoms with Crippen molar-refractivity contribution in [2.24, 2.45) is 0 Å². The van der Waals surface area contributed by atoms with Gasteiger partial charge in [0.05, 0.1) is 7.11 Å². The van der Waals surface area contributed by atoms with Crippen LogP contribution in [0.15, 0.2) is 60.4 Å². The fourth-order valence-electron chi connectivity index (χ4n) is 1.68. The van der Waals surface area contributed by atoms with Gasteiger partial charge in [0.15, 0.2) is 0 Å². The molecule has 1 aliphatic rings. The van der Waals surface area contributed by atoms with E-state index >= 15 is 0 Å². The minimum absolute atomic E-state index is 0.0886. The van der Waals surface area contributed by atoms with Gasteiger partial charge in [-0.15, -0.1) is 0 Å². The molecule has 1 aromatic carbocycles. The first-order valence-electron chi connectivity index (χ1n) is 6.31. The van der Waals surface area contributed by atoms with Crippen LogP contribution in [0.25, 0.3) is 0 Å². The standard InChI is InChI=1S/C16H14O5/c1-19-15(17)13-10-6-7-11-14(13)21-16(18)20-12-8-4-2-3-5-9-12/h2-4,6-11H,5H2,1H3. The Hall–Kier alpha value is -2.82. The molecule has 0 bridgehead atoms. The largest absolute Gasteiger partial charge is 0.519 e. The van der Waals surface area contributed by atoms with E-state index in [1.807, 2.05) is 12.2 Å². The van der Waals surface area contributed by atoms with Gasteiger partial charge in [-0.3, -0.25) is 0 Å². The van der Waals surface area contributed by atoms with Crippen LogP contribution in [0.1, 0.15) is 16.8 Å². The maximum atomic E-state index is 11.8. The van der Waals surface area contributed by atoms with Crippen LogP contribution < -0.4 is 4.74 Å². The van der Waals surface area contributed by atoms with Crippen molar-refractivity contribution in [3.63, 3.8) is 0 Å². The smallest absolute Gasteiger partial charge is 0.465 e. The minimum Gasteiger partial charge on any atom is -0.465 e. The molecule has 1 aliphatic carbocycles. The van der Waals surface area contributed by atoms with Gasteiger partial charge in [-0.1, -0.05) is 30.4 Å². The van der Waals surface area contributed by atoms with Crippen molar-refractivity contribution in [3.8, 4) is 5.75 Å². The zero-order valence-corrected chi connectivity index (χ0v) is 11.4. The predicted molar refractivity (Wildman–Crippen MR) is 75.9 cm³/mol. The van der Waals surface area contributed by atoms with E-state index in [-0.39, 0.29) is 11.3 Å². The molecule has 0 fully saturated rings. The van der Waals surface area contributed by atoms with Crippen LogP contribution in [0.5, 0.6) is 5.75 Å². The Morgan fingerprint density at radius 3 is 2.71 bits per heavy atom. The number of ether oxygens (including phenoxy) is 3.